The van der Waals surface area contributed by atoms with Crippen LogP contribution in [0.15, 0.2) is 48.7 Å². The van der Waals surface area contributed by atoms with E-state index in [1.165, 1.54) is 14.2 Å². The summed E-state index contributed by atoms with van der Waals surface area (Å²) < 4.78 is 22.0. The van der Waals surface area contributed by atoms with Crippen LogP contribution in [0, 0.1) is 17.8 Å². The average molecular weight is 875 g/mol. The minimum Gasteiger partial charge on any atom is -0.488 e. The molecule has 5 N–H and O–H groups in total. The van der Waals surface area contributed by atoms with E-state index in [0.29, 0.717) is 45.1 Å². The smallest absolute Gasteiger partial charge is 0.407 e. The van der Waals surface area contributed by atoms with Crippen LogP contribution in [0.25, 0.3) is 44.2 Å². The topological polar surface area (TPSA) is 196 Å². The van der Waals surface area contributed by atoms with Crippen LogP contribution in [0.3, 0.4) is 0 Å². The van der Waals surface area contributed by atoms with Crippen molar-refractivity contribution < 1.29 is 38.4 Å². The quantitative estimate of drug-likeness (QED) is 0.0915. The molecular weight excluding hydrogens is 817 g/mol. The summed E-state index contributed by atoms with van der Waals surface area (Å²) in [7, 11) is 2.72. The van der Waals surface area contributed by atoms with E-state index in [4.69, 9.17) is 28.9 Å². The Morgan fingerprint density at radius 2 is 1.77 bits per heavy atom. The molecule has 16 heteroatoms. The van der Waals surface area contributed by atoms with Gasteiger partial charge in [-0.25, -0.2) is 14.8 Å². The summed E-state index contributed by atoms with van der Waals surface area (Å²) in [4.78, 5) is 61.8. The number of imidazole rings is 2. The lowest BCUT2D eigenvalue weighted by molar-refractivity contribution is -0.147. The molecule has 7 atom stereocenters. The SMILES string of the molecule is COC(=O)N[C@H](C(=O)N1CCCC1c1ncc(-c2ccc3c(c2)COc2cc4c(ccc5[nH]c([C@@H]6C[C@@H]7CCC[C@@H]7N6C(=O)[C@@H](NC(O)OC)C(C)C)nc54)cc2-3)[nH]1)C1CCOCC1. The van der Waals surface area contributed by atoms with Crippen LogP contribution in [-0.2, 0) is 30.4 Å². The van der Waals surface area contributed by atoms with E-state index >= 15 is 0 Å². The fraction of sp³-hybridized carbons (Fsp3) is 0.521. The zero-order valence-electron chi connectivity index (χ0n) is 36.9. The van der Waals surface area contributed by atoms with Gasteiger partial charge in [-0.1, -0.05) is 38.5 Å². The van der Waals surface area contributed by atoms with Gasteiger partial charge in [0.25, 0.3) is 0 Å². The Morgan fingerprint density at radius 1 is 0.922 bits per heavy atom. The molecule has 2 aromatic heterocycles. The van der Waals surface area contributed by atoms with Gasteiger partial charge in [0, 0.05) is 43.9 Å². The Kier molecular flexibility index (Phi) is 11.6. The molecule has 3 amide bonds. The molecule has 1 saturated carbocycles. The number of H-pyrrole nitrogens is 2. The van der Waals surface area contributed by atoms with Crippen molar-refractivity contribution in [3.8, 4) is 28.1 Å². The van der Waals surface area contributed by atoms with Crippen molar-refractivity contribution in [2.24, 2.45) is 17.8 Å². The highest BCUT2D eigenvalue weighted by molar-refractivity contribution is 6.07. The van der Waals surface area contributed by atoms with Crippen LogP contribution >= 0.6 is 0 Å². The third-order valence-corrected chi connectivity index (χ3v) is 14.5. The number of nitrogens with one attached hydrogen (secondary N) is 4. The van der Waals surface area contributed by atoms with Crippen molar-refractivity contribution in [1.82, 2.24) is 40.4 Å². The van der Waals surface area contributed by atoms with E-state index in [1.807, 2.05) is 29.8 Å². The summed E-state index contributed by atoms with van der Waals surface area (Å²) in [6, 6.07) is 13.2. The first-order chi connectivity index (χ1) is 31.1. The van der Waals surface area contributed by atoms with E-state index in [2.05, 4.69) is 63.1 Å². The van der Waals surface area contributed by atoms with E-state index in [1.54, 1.807) is 0 Å². The Labute approximate surface area is 371 Å². The second-order valence-electron chi connectivity index (χ2n) is 18.5. The second kappa shape index (κ2) is 17.4. The molecule has 5 aromatic rings. The Bertz CT molecular complexity index is 2570. The van der Waals surface area contributed by atoms with Crippen LogP contribution in [0.2, 0.25) is 0 Å². The number of rotatable bonds is 11. The van der Waals surface area contributed by atoms with Crippen molar-refractivity contribution in [3.63, 3.8) is 0 Å². The number of fused-ring (bicyclic) bond motifs is 7. The fourth-order valence-corrected chi connectivity index (χ4v) is 11.2. The lowest BCUT2D eigenvalue weighted by Gasteiger charge is -2.34. The largest absolute Gasteiger partial charge is 0.488 e. The number of hydrogen-bond acceptors (Lipinski definition) is 11. The number of amides is 3. The molecule has 64 heavy (non-hydrogen) atoms. The first kappa shape index (κ1) is 42.4. The molecule has 3 saturated heterocycles. The van der Waals surface area contributed by atoms with Crippen molar-refractivity contribution in [2.75, 3.05) is 34.0 Å². The molecule has 5 aliphatic rings. The maximum Gasteiger partial charge on any atom is 0.407 e. The maximum atomic E-state index is 14.4. The van der Waals surface area contributed by atoms with Crippen molar-refractivity contribution in [3.05, 3.63) is 65.9 Å². The molecule has 3 aromatic carbocycles. The zero-order valence-corrected chi connectivity index (χ0v) is 36.9. The number of alkyl carbamates (subject to hydrolysis) is 1. The zero-order chi connectivity index (χ0) is 44.2. The first-order valence-corrected chi connectivity index (χ1v) is 22.9. The molecule has 2 unspecified atom stereocenters. The summed E-state index contributed by atoms with van der Waals surface area (Å²) in [6.45, 7) is 6.04. The fourth-order valence-electron chi connectivity index (χ4n) is 11.2. The molecule has 16 nitrogen and oxygen atoms in total. The predicted molar refractivity (Wildman–Crippen MR) is 238 cm³/mol. The van der Waals surface area contributed by atoms with Gasteiger partial charge in [0.05, 0.1) is 48.2 Å². The Morgan fingerprint density at radius 3 is 2.56 bits per heavy atom. The third-order valence-electron chi connectivity index (χ3n) is 14.5. The number of nitrogens with zero attached hydrogens (tertiary/aromatic N) is 4. The summed E-state index contributed by atoms with van der Waals surface area (Å²) in [5.74, 6) is 2.43. The van der Waals surface area contributed by atoms with E-state index in [-0.39, 0.29) is 41.8 Å². The third kappa shape index (κ3) is 7.67. The van der Waals surface area contributed by atoms with E-state index in [0.717, 1.165) is 106 Å². The highest BCUT2D eigenvalue weighted by Crippen LogP contribution is 2.49. The minimum atomic E-state index is -1.24. The van der Waals surface area contributed by atoms with Crippen molar-refractivity contribution in [1.29, 1.82) is 0 Å². The molecule has 0 bridgehead atoms. The Balaban J connectivity index is 0.898. The number of carbonyl (C=O) groups is 3. The number of carbonyl (C=O) groups excluding carboxylic acids is 3. The molecule has 338 valence electrons. The van der Waals surface area contributed by atoms with Gasteiger partial charge in [0.2, 0.25) is 18.2 Å². The number of aromatic nitrogens is 4. The highest BCUT2D eigenvalue weighted by Gasteiger charge is 2.49. The summed E-state index contributed by atoms with van der Waals surface area (Å²) in [6.07, 6.45) is 6.93. The van der Waals surface area contributed by atoms with Crippen LogP contribution in [-0.4, -0.2) is 111 Å². The van der Waals surface area contributed by atoms with Gasteiger partial charge >= 0.3 is 6.09 Å². The highest BCUT2D eigenvalue weighted by atomic mass is 16.6. The number of likely N-dealkylation sites (tertiary alicyclic amines) is 2. The molecule has 0 radical (unpaired) electrons. The van der Waals surface area contributed by atoms with Gasteiger partial charge in [-0.2, -0.15) is 0 Å². The van der Waals surface area contributed by atoms with Crippen molar-refractivity contribution >= 4 is 39.7 Å². The molecule has 1 aliphatic carbocycles. The van der Waals surface area contributed by atoms with Gasteiger partial charge in [0.1, 0.15) is 30.0 Å². The lowest BCUT2D eigenvalue weighted by atomic mass is 9.90. The van der Waals surface area contributed by atoms with Crippen LogP contribution < -0.4 is 15.4 Å². The lowest BCUT2D eigenvalue weighted by Crippen LogP contribution is -2.54. The number of methoxy groups -OCH3 is 2. The van der Waals surface area contributed by atoms with E-state index in [9.17, 15) is 19.5 Å². The molecule has 10 rings (SSSR count). The van der Waals surface area contributed by atoms with Gasteiger partial charge in [0.15, 0.2) is 0 Å². The summed E-state index contributed by atoms with van der Waals surface area (Å²) in [5, 5.41) is 18.1. The second-order valence-corrected chi connectivity index (χ2v) is 18.5. The number of benzene rings is 3. The van der Waals surface area contributed by atoms with Gasteiger partial charge < -0.3 is 49.1 Å². The summed E-state index contributed by atoms with van der Waals surface area (Å²) >= 11 is 0. The Hall–Kier alpha value is -5.55. The van der Waals surface area contributed by atoms with E-state index < -0.39 is 24.6 Å². The standard InChI is InChI=1S/C48H58N8O8/c1-25(2)40(53-47(59)61-3)46(58)56-36-8-5-7-29(36)21-38(56)44-50-34-13-11-27-20-33-31-12-10-28(19-30(31)24-64-39(33)22-32(27)42(34)52-44)35-23-49-43(51-35)37-9-6-16-55(37)45(57)41(54-48(60)62-4)26-14-17-63-18-15-26/h10-13,19-20,22-23,25-26,29,36-38,40-41,47,53,59H,5-9,14-18,21,24H2,1-4H3,(H,49,51)(H,50,52)(H,54,60)/t29-,36-,37?,38-,40-,41-,47?/m0/s1. The average Bonchev–Trinajstić information content (AvgIpc) is 4.17. The molecule has 4 fully saturated rings. The number of aromatic amines is 2. The number of aliphatic hydroxyl groups excluding tert-OH is 1. The molecule has 0 spiro atoms. The summed E-state index contributed by atoms with van der Waals surface area (Å²) in [5.41, 5.74) is 6.72. The van der Waals surface area contributed by atoms with Crippen LogP contribution in [0.5, 0.6) is 5.75 Å². The van der Waals surface area contributed by atoms with Crippen LogP contribution in [0.1, 0.15) is 94.5 Å². The number of ether oxygens (including phenoxy) is 4. The van der Waals surface area contributed by atoms with Crippen molar-refractivity contribution in [2.45, 2.75) is 108 Å². The van der Waals surface area contributed by atoms with Gasteiger partial charge in [-0.15, -0.1) is 0 Å². The van der Waals surface area contributed by atoms with Crippen LogP contribution in [0.4, 0.5) is 4.79 Å². The number of hydrogen-bond donors (Lipinski definition) is 5. The maximum absolute atomic E-state index is 14.4. The molecule has 4 aliphatic heterocycles. The normalized spacial score (nSPS) is 23.5. The monoisotopic (exact) mass is 874 g/mol. The molecular formula is C48H58N8O8. The molecule has 6 heterocycles. The minimum absolute atomic E-state index is 0.0360. The first-order valence-electron chi connectivity index (χ1n) is 22.9. The number of aliphatic hydroxyl groups is 1. The predicted octanol–water partition coefficient (Wildman–Crippen LogP) is 6.46. The van der Waals surface area contributed by atoms with Gasteiger partial charge in [-0.3, -0.25) is 14.9 Å². The van der Waals surface area contributed by atoms with Gasteiger partial charge in [-0.05, 0) is 109 Å².